The van der Waals surface area contributed by atoms with Crippen molar-refractivity contribution in [2.45, 2.75) is 0 Å². The molecule has 0 atom stereocenters. The van der Waals surface area contributed by atoms with Crippen molar-refractivity contribution >= 4 is 34.1 Å². The van der Waals surface area contributed by atoms with Crippen molar-refractivity contribution in [3.63, 3.8) is 0 Å². The maximum absolute atomic E-state index is 6.22. The number of aromatic nitrogens is 3. The highest BCUT2D eigenvalue weighted by Crippen LogP contribution is 2.30. The molecular weight excluding hydrogens is 313 g/mol. The number of pyridine rings is 1. The predicted molar refractivity (Wildman–Crippen MR) is 80.3 cm³/mol. The predicted octanol–water partition coefficient (Wildman–Crippen LogP) is 2.69. The van der Waals surface area contributed by atoms with Gasteiger partial charge in [-0.2, -0.15) is 5.10 Å². The Kier molecular flexibility index (Phi) is 3.61. The van der Waals surface area contributed by atoms with Crippen molar-refractivity contribution in [3.8, 4) is 11.4 Å². The molecule has 3 aromatic rings. The van der Waals surface area contributed by atoms with Crippen molar-refractivity contribution < 1.29 is 14.3 Å². The van der Waals surface area contributed by atoms with Crippen LogP contribution < -0.4 is 14.3 Å². The summed E-state index contributed by atoms with van der Waals surface area (Å²) in [5.74, 6) is 0.594. The van der Waals surface area contributed by atoms with E-state index < -0.39 is 0 Å². The summed E-state index contributed by atoms with van der Waals surface area (Å²) in [6, 6.07) is 5.32. The fourth-order valence-electron chi connectivity index (χ4n) is 2.10. The highest BCUT2D eigenvalue weighted by Gasteiger charge is 2.17. The second-order valence-corrected chi connectivity index (χ2v) is 5.13. The molecule has 3 rings (SSSR count). The van der Waals surface area contributed by atoms with Crippen LogP contribution in [0.2, 0.25) is 10.0 Å². The number of hydrogen-bond donors (Lipinski definition) is 0. The molecule has 0 aliphatic rings. The van der Waals surface area contributed by atoms with Crippen molar-refractivity contribution in [1.82, 2.24) is 9.78 Å². The van der Waals surface area contributed by atoms with Crippen LogP contribution in [-0.4, -0.2) is 24.0 Å². The third-order valence-corrected chi connectivity index (χ3v) is 3.69. The molecule has 0 bridgehead atoms. The Bertz CT molecular complexity index is 797. The topological polar surface area (TPSA) is 40.2 Å². The Morgan fingerprint density at radius 1 is 1.14 bits per heavy atom. The van der Waals surface area contributed by atoms with Crippen molar-refractivity contribution in [2.75, 3.05) is 14.2 Å². The van der Waals surface area contributed by atoms with Gasteiger partial charge in [0.25, 0.3) is 6.20 Å². The van der Waals surface area contributed by atoms with Crippen LogP contribution in [0, 0.1) is 0 Å². The summed E-state index contributed by atoms with van der Waals surface area (Å²) < 4.78 is 8.52. The molecule has 1 aromatic carbocycles. The van der Waals surface area contributed by atoms with E-state index in [1.54, 1.807) is 54.2 Å². The first-order valence-electron chi connectivity index (χ1n) is 6.11. The zero-order valence-corrected chi connectivity index (χ0v) is 12.9. The summed E-state index contributed by atoms with van der Waals surface area (Å²) in [6.07, 6.45) is 5.32. The monoisotopic (exact) mass is 324 g/mol. The summed E-state index contributed by atoms with van der Waals surface area (Å²) >= 11 is 12.4. The number of para-hydroxylation sites is 1. The first kappa shape index (κ1) is 14.0. The minimum absolute atomic E-state index is 0.522. The lowest BCUT2D eigenvalue weighted by molar-refractivity contribution is -0.884. The van der Waals surface area contributed by atoms with E-state index in [9.17, 15) is 0 Å². The van der Waals surface area contributed by atoms with Crippen LogP contribution in [0.3, 0.4) is 0 Å². The summed E-state index contributed by atoms with van der Waals surface area (Å²) in [7, 11) is 3.15. The average Bonchev–Trinajstić information content (AvgIpc) is 2.89. The van der Waals surface area contributed by atoms with E-state index in [0.29, 0.717) is 27.0 Å². The van der Waals surface area contributed by atoms with Gasteiger partial charge in [0.15, 0.2) is 0 Å². The second kappa shape index (κ2) is 5.42. The van der Waals surface area contributed by atoms with Gasteiger partial charge in [0.05, 0.1) is 22.5 Å². The van der Waals surface area contributed by atoms with Crippen LogP contribution in [0.15, 0.2) is 36.8 Å². The Labute approximate surface area is 131 Å². The molecular formula is C14H12Cl2N3O2+. The zero-order chi connectivity index (χ0) is 15.0. The van der Waals surface area contributed by atoms with E-state index in [1.807, 2.05) is 6.20 Å². The standard InChI is InChI=1S/C14H12Cl2N3O2/c1-20-12-8-18(21-2)6-9-7-19(17-13(9)12)14-10(15)4-3-5-11(14)16/h3-8H,1-2H3/q+1. The van der Waals surface area contributed by atoms with Gasteiger partial charge in [0.1, 0.15) is 18.3 Å². The number of methoxy groups -OCH3 is 1. The van der Waals surface area contributed by atoms with Crippen LogP contribution in [0.25, 0.3) is 16.6 Å². The molecule has 21 heavy (non-hydrogen) atoms. The fourth-order valence-corrected chi connectivity index (χ4v) is 2.67. The largest absolute Gasteiger partial charge is 0.489 e. The molecule has 108 valence electrons. The minimum atomic E-state index is 0.522. The first-order valence-corrected chi connectivity index (χ1v) is 6.87. The zero-order valence-electron chi connectivity index (χ0n) is 11.4. The maximum atomic E-state index is 6.22. The van der Waals surface area contributed by atoms with Crippen molar-refractivity contribution in [1.29, 1.82) is 0 Å². The molecule has 5 nitrogen and oxygen atoms in total. The van der Waals surface area contributed by atoms with Crippen LogP contribution in [0.4, 0.5) is 0 Å². The molecule has 0 fully saturated rings. The molecule has 0 amide bonds. The third-order valence-electron chi connectivity index (χ3n) is 3.08. The smallest absolute Gasteiger partial charge is 0.266 e. The van der Waals surface area contributed by atoms with Gasteiger partial charge in [-0.05, 0) is 12.1 Å². The number of ether oxygens (including phenoxy) is 1. The number of fused-ring (bicyclic) bond motifs is 1. The normalized spacial score (nSPS) is 10.9. The van der Waals surface area contributed by atoms with Gasteiger partial charge >= 0.3 is 0 Å². The van der Waals surface area contributed by atoms with Gasteiger partial charge in [-0.1, -0.05) is 29.3 Å². The Morgan fingerprint density at radius 3 is 2.48 bits per heavy atom. The number of benzene rings is 1. The number of nitrogens with zero attached hydrogens (tertiary/aromatic N) is 3. The first-order chi connectivity index (χ1) is 10.1. The van der Waals surface area contributed by atoms with E-state index >= 15 is 0 Å². The second-order valence-electron chi connectivity index (χ2n) is 4.32. The van der Waals surface area contributed by atoms with E-state index in [2.05, 4.69) is 5.10 Å². The quantitative estimate of drug-likeness (QED) is 0.695. The van der Waals surface area contributed by atoms with Gasteiger partial charge < -0.3 is 4.74 Å². The van der Waals surface area contributed by atoms with Crippen LogP contribution >= 0.6 is 23.2 Å². The fraction of sp³-hybridized carbons (Fsp3) is 0.143. The summed E-state index contributed by atoms with van der Waals surface area (Å²) in [5, 5.41) is 6.39. The Hall–Kier alpha value is -1.98. The molecule has 0 aliphatic carbocycles. The molecule has 2 heterocycles. The Balaban J connectivity index is 2.26. The molecule has 2 aromatic heterocycles. The van der Waals surface area contributed by atoms with Crippen LogP contribution in [-0.2, 0) is 0 Å². The van der Waals surface area contributed by atoms with Gasteiger partial charge in [-0.15, -0.1) is 0 Å². The van der Waals surface area contributed by atoms with E-state index in [1.165, 1.54) is 0 Å². The molecule has 0 N–H and O–H groups in total. The highest BCUT2D eigenvalue weighted by atomic mass is 35.5. The summed E-state index contributed by atoms with van der Waals surface area (Å²) in [4.78, 5) is 5.17. The van der Waals surface area contributed by atoms with Crippen LogP contribution in [0.5, 0.6) is 5.75 Å². The molecule has 0 aliphatic heterocycles. The summed E-state index contributed by atoms with van der Waals surface area (Å²) in [6.45, 7) is 0. The molecule has 7 heteroatoms. The molecule has 0 saturated carbocycles. The van der Waals surface area contributed by atoms with Gasteiger partial charge in [-0.3, -0.25) is 4.84 Å². The number of rotatable bonds is 3. The van der Waals surface area contributed by atoms with Gasteiger partial charge in [0.2, 0.25) is 11.9 Å². The molecule has 0 saturated heterocycles. The highest BCUT2D eigenvalue weighted by molar-refractivity contribution is 6.37. The number of hydrogen-bond acceptors (Lipinski definition) is 3. The van der Waals surface area contributed by atoms with Crippen LogP contribution in [0.1, 0.15) is 0 Å². The SMILES string of the molecule is COc1c[n+](OC)cc2cn(-c3c(Cl)cccc3Cl)nc12. The van der Waals surface area contributed by atoms with E-state index in [4.69, 9.17) is 32.8 Å². The lowest BCUT2D eigenvalue weighted by atomic mass is 10.3. The van der Waals surface area contributed by atoms with E-state index in [-0.39, 0.29) is 0 Å². The lowest BCUT2D eigenvalue weighted by Gasteiger charge is -2.05. The molecule has 0 radical (unpaired) electrons. The third kappa shape index (κ3) is 2.39. The summed E-state index contributed by atoms with van der Waals surface area (Å²) in [5.41, 5.74) is 1.32. The lowest BCUT2D eigenvalue weighted by Crippen LogP contribution is -2.39. The maximum Gasteiger partial charge on any atom is 0.266 e. The molecule has 0 spiro atoms. The molecule has 0 unspecified atom stereocenters. The van der Waals surface area contributed by atoms with Crippen molar-refractivity contribution in [3.05, 3.63) is 46.8 Å². The minimum Gasteiger partial charge on any atom is -0.489 e. The number of halogens is 2. The Morgan fingerprint density at radius 2 is 1.86 bits per heavy atom. The average molecular weight is 325 g/mol. The van der Waals surface area contributed by atoms with E-state index in [0.717, 1.165) is 5.39 Å². The van der Waals surface area contributed by atoms with Crippen molar-refractivity contribution in [2.24, 2.45) is 0 Å². The van der Waals surface area contributed by atoms with Gasteiger partial charge in [0, 0.05) is 10.9 Å². The van der Waals surface area contributed by atoms with Gasteiger partial charge in [-0.25, -0.2) is 4.68 Å².